The fourth-order valence-corrected chi connectivity index (χ4v) is 5.29. The fourth-order valence-electron chi connectivity index (χ4n) is 4.35. The van der Waals surface area contributed by atoms with Gasteiger partial charge in [0.25, 0.3) is 0 Å². The van der Waals surface area contributed by atoms with E-state index in [-0.39, 0.29) is 0 Å². The number of thiophene rings is 1. The van der Waals surface area contributed by atoms with Crippen molar-refractivity contribution in [2.45, 2.75) is 38.6 Å². The van der Waals surface area contributed by atoms with Crippen molar-refractivity contribution < 1.29 is 0 Å². The minimum atomic E-state index is 0.450. The molecule has 5 heteroatoms. The summed E-state index contributed by atoms with van der Waals surface area (Å²) in [6, 6.07) is 2.58. The summed E-state index contributed by atoms with van der Waals surface area (Å²) in [5.74, 6) is 3.65. The van der Waals surface area contributed by atoms with Gasteiger partial charge in [-0.15, -0.1) is 0 Å². The highest BCUT2D eigenvalue weighted by molar-refractivity contribution is 7.71. The Balaban J connectivity index is 1.71. The SMILES string of the molecule is C[C@H]([C@@H]1CC2CC[C@H]1C2)n1c(-c2ccsc2)n[nH]c1=S. The quantitative estimate of drug-likeness (QED) is 0.836. The first kappa shape index (κ1) is 12.8. The van der Waals surface area contributed by atoms with Crippen molar-refractivity contribution in [3.63, 3.8) is 0 Å². The molecule has 2 saturated carbocycles. The van der Waals surface area contributed by atoms with Crippen LogP contribution < -0.4 is 0 Å². The molecule has 0 saturated heterocycles. The second kappa shape index (κ2) is 4.81. The Kier molecular flexibility index (Phi) is 3.07. The van der Waals surface area contributed by atoms with Gasteiger partial charge in [-0.2, -0.15) is 16.4 Å². The highest BCUT2D eigenvalue weighted by atomic mass is 32.1. The van der Waals surface area contributed by atoms with Gasteiger partial charge in [0.05, 0.1) is 0 Å². The first-order valence-electron chi connectivity index (χ1n) is 7.43. The molecule has 2 aromatic heterocycles. The van der Waals surface area contributed by atoms with Gasteiger partial charge in [0.2, 0.25) is 0 Å². The number of hydrogen-bond donors (Lipinski definition) is 1. The van der Waals surface area contributed by atoms with Crippen LogP contribution in [0.1, 0.15) is 38.6 Å². The lowest BCUT2D eigenvalue weighted by Crippen LogP contribution is -2.22. The van der Waals surface area contributed by atoms with E-state index < -0.39 is 0 Å². The van der Waals surface area contributed by atoms with Gasteiger partial charge < -0.3 is 0 Å². The average molecular weight is 305 g/mol. The molecule has 1 N–H and O–H groups in total. The van der Waals surface area contributed by atoms with E-state index in [1.165, 1.54) is 31.2 Å². The molecule has 1 unspecified atom stereocenters. The van der Waals surface area contributed by atoms with Crippen molar-refractivity contribution in [3.05, 3.63) is 21.6 Å². The molecule has 2 heterocycles. The first-order valence-corrected chi connectivity index (χ1v) is 8.78. The largest absolute Gasteiger partial charge is 0.297 e. The van der Waals surface area contributed by atoms with Crippen LogP contribution in [0.4, 0.5) is 0 Å². The zero-order valence-corrected chi connectivity index (χ0v) is 13.2. The molecule has 0 aromatic carbocycles. The van der Waals surface area contributed by atoms with Gasteiger partial charge in [-0.05, 0) is 67.6 Å². The monoisotopic (exact) mass is 305 g/mol. The van der Waals surface area contributed by atoms with Crippen molar-refractivity contribution in [2.75, 3.05) is 0 Å². The minimum absolute atomic E-state index is 0.450. The first-order chi connectivity index (χ1) is 9.74. The van der Waals surface area contributed by atoms with Gasteiger partial charge in [0.1, 0.15) is 0 Å². The second-order valence-corrected chi connectivity index (χ2v) is 7.48. The van der Waals surface area contributed by atoms with E-state index in [2.05, 4.69) is 38.5 Å². The summed E-state index contributed by atoms with van der Waals surface area (Å²) in [5, 5.41) is 11.7. The Bertz CT molecular complexity index is 655. The highest BCUT2D eigenvalue weighted by Gasteiger charge is 2.42. The van der Waals surface area contributed by atoms with Crippen molar-refractivity contribution in [3.8, 4) is 11.4 Å². The number of aromatic amines is 1. The Morgan fingerprint density at radius 3 is 3.00 bits per heavy atom. The molecule has 0 amide bonds. The number of hydrogen-bond acceptors (Lipinski definition) is 3. The molecular formula is C15H19N3S2. The number of fused-ring (bicyclic) bond motifs is 2. The van der Waals surface area contributed by atoms with Gasteiger partial charge in [-0.3, -0.25) is 9.67 Å². The predicted molar refractivity (Wildman–Crippen MR) is 84.4 cm³/mol. The third-order valence-electron chi connectivity index (χ3n) is 5.30. The van der Waals surface area contributed by atoms with Gasteiger partial charge >= 0.3 is 0 Å². The lowest BCUT2D eigenvalue weighted by molar-refractivity contribution is 0.242. The molecule has 4 rings (SSSR count). The van der Waals surface area contributed by atoms with Gasteiger partial charge in [0, 0.05) is 17.0 Å². The Labute approximate surface area is 128 Å². The zero-order chi connectivity index (χ0) is 13.7. The fraction of sp³-hybridized carbons (Fsp3) is 0.600. The molecule has 4 atom stereocenters. The molecule has 2 aromatic rings. The summed E-state index contributed by atoms with van der Waals surface area (Å²) in [7, 11) is 0. The summed E-state index contributed by atoms with van der Waals surface area (Å²) in [6.45, 7) is 2.33. The number of H-pyrrole nitrogens is 1. The third-order valence-corrected chi connectivity index (χ3v) is 6.27. The molecule has 0 aliphatic heterocycles. The number of nitrogens with one attached hydrogen (secondary N) is 1. The van der Waals surface area contributed by atoms with Crippen molar-refractivity contribution in [1.29, 1.82) is 0 Å². The minimum Gasteiger partial charge on any atom is -0.297 e. The molecule has 2 fully saturated rings. The normalized spacial score (nSPS) is 29.9. The van der Waals surface area contributed by atoms with Crippen LogP contribution in [-0.4, -0.2) is 14.8 Å². The molecule has 2 bridgehead atoms. The topological polar surface area (TPSA) is 33.6 Å². The number of aromatic nitrogens is 3. The maximum Gasteiger partial charge on any atom is 0.195 e. The third kappa shape index (κ3) is 1.91. The molecule has 3 nitrogen and oxygen atoms in total. The van der Waals surface area contributed by atoms with Gasteiger partial charge in [0.15, 0.2) is 10.6 Å². The Morgan fingerprint density at radius 1 is 1.45 bits per heavy atom. The van der Waals surface area contributed by atoms with Crippen LogP contribution in [0.15, 0.2) is 16.8 Å². The van der Waals surface area contributed by atoms with Crippen LogP contribution in [0.3, 0.4) is 0 Å². The summed E-state index contributed by atoms with van der Waals surface area (Å²) in [6.07, 6.45) is 5.68. The van der Waals surface area contributed by atoms with Crippen molar-refractivity contribution in [1.82, 2.24) is 14.8 Å². The van der Waals surface area contributed by atoms with Gasteiger partial charge in [-0.25, -0.2) is 0 Å². The lowest BCUT2D eigenvalue weighted by Gasteiger charge is -2.29. The van der Waals surface area contributed by atoms with E-state index in [1.807, 2.05) is 0 Å². The van der Waals surface area contributed by atoms with Crippen LogP contribution in [0.2, 0.25) is 0 Å². The van der Waals surface area contributed by atoms with E-state index in [1.54, 1.807) is 11.3 Å². The van der Waals surface area contributed by atoms with Crippen molar-refractivity contribution >= 4 is 23.6 Å². The van der Waals surface area contributed by atoms with E-state index in [4.69, 9.17) is 12.2 Å². The van der Waals surface area contributed by atoms with Crippen LogP contribution >= 0.6 is 23.6 Å². The number of rotatable bonds is 3. The van der Waals surface area contributed by atoms with Crippen LogP contribution in [0, 0.1) is 22.5 Å². The lowest BCUT2D eigenvalue weighted by atomic mass is 9.84. The Morgan fingerprint density at radius 2 is 2.35 bits per heavy atom. The average Bonchev–Trinajstić information content (AvgIpc) is 3.21. The summed E-state index contributed by atoms with van der Waals surface area (Å²) >= 11 is 7.20. The molecular weight excluding hydrogens is 286 g/mol. The standard InChI is InChI=1S/C15H19N3S2/c1-9(13-7-10-2-3-11(13)6-10)18-14(16-17-15(18)19)12-4-5-20-8-12/h4-5,8-11,13H,2-3,6-7H2,1H3,(H,17,19)/t9-,10?,11+,13+/m1/s1. The summed E-state index contributed by atoms with van der Waals surface area (Å²) in [5.41, 5.74) is 1.18. The molecule has 2 aliphatic carbocycles. The predicted octanol–water partition coefficient (Wildman–Crippen LogP) is 4.67. The summed E-state index contributed by atoms with van der Waals surface area (Å²) < 4.78 is 3.02. The zero-order valence-electron chi connectivity index (χ0n) is 11.6. The number of nitrogens with zero attached hydrogens (tertiary/aromatic N) is 2. The van der Waals surface area contributed by atoms with E-state index in [0.717, 1.165) is 28.3 Å². The smallest absolute Gasteiger partial charge is 0.195 e. The van der Waals surface area contributed by atoms with Crippen LogP contribution in [0.5, 0.6) is 0 Å². The van der Waals surface area contributed by atoms with Crippen LogP contribution in [0.25, 0.3) is 11.4 Å². The van der Waals surface area contributed by atoms with E-state index >= 15 is 0 Å². The van der Waals surface area contributed by atoms with E-state index in [9.17, 15) is 0 Å². The van der Waals surface area contributed by atoms with Crippen molar-refractivity contribution in [2.24, 2.45) is 17.8 Å². The molecule has 2 aliphatic rings. The highest BCUT2D eigenvalue weighted by Crippen LogP contribution is 2.52. The molecule has 0 spiro atoms. The maximum atomic E-state index is 5.49. The Hall–Kier alpha value is -0.940. The van der Waals surface area contributed by atoms with E-state index in [0.29, 0.717) is 6.04 Å². The van der Waals surface area contributed by atoms with Gasteiger partial charge in [-0.1, -0.05) is 6.42 Å². The second-order valence-electron chi connectivity index (χ2n) is 6.31. The maximum absolute atomic E-state index is 5.49. The summed E-state index contributed by atoms with van der Waals surface area (Å²) in [4.78, 5) is 0. The molecule has 106 valence electrons. The molecule has 20 heavy (non-hydrogen) atoms. The van der Waals surface area contributed by atoms with Crippen LogP contribution in [-0.2, 0) is 0 Å². The molecule has 0 radical (unpaired) electrons.